The molecule has 5 fully saturated rings. The second-order valence-corrected chi connectivity index (χ2v) is 11.0. The van der Waals surface area contributed by atoms with E-state index in [1.54, 1.807) is 0 Å². The second kappa shape index (κ2) is 8.84. The van der Waals surface area contributed by atoms with Crippen molar-refractivity contribution in [2.75, 3.05) is 6.61 Å². The van der Waals surface area contributed by atoms with Crippen molar-refractivity contribution in [1.29, 1.82) is 0 Å². The van der Waals surface area contributed by atoms with Crippen molar-refractivity contribution in [3.05, 3.63) is 0 Å². The lowest BCUT2D eigenvalue weighted by atomic mass is 9.43. The first-order valence-electron chi connectivity index (χ1n) is 12.5. The Morgan fingerprint density at radius 1 is 0.939 bits per heavy atom. The van der Waals surface area contributed by atoms with Crippen LogP contribution in [0.5, 0.6) is 0 Å². The van der Waals surface area contributed by atoms with Crippen LogP contribution in [0.4, 0.5) is 26.3 Å². The molecule has 0 N–H and O–H groups in total. The summed E-state index contributed by atoms with van der Waals surface area (Å²) in [5.41, 5.74) is -7.30. The first kappa shape index (κ1) is 25.5. The van der Waals surface area contributed by atoms with Crippen LogP contribution < -0.4 is 0 Å². The minimum Gasteiger partial charge on any atom is -0.372 e. The largest absolute Gasteiger partial charge is 0.427 e. The smallest absolute Gasteiger partial charge is 0.372 e. The molecule has 0 spiro atoms. The zero-order valence-corrected chi connectivity index (χ0v) is 19.5. The summed E-state index contributed by atoms with van der Waals surface area (Å²) in [6.07, 6.45) is -8.27. The van der Waals surface area contributed by atoms with E-state index in [9.17, 15) is 26.3 Å². The van der Waals surface area contributed by atoms with E-state index in [0.717, 1.165) is 12.8 Å². The van der Waals surface area contributed by atoms with E-state index < -0.39 is 35.3 Å². The van der Waals surface area contributed by atoms with Crippen molar-refractivity contribution in [3.63, 3.8) is 0 Å². The number of halogens is 6. The third kappa shape index (κ3) is 4.32. The fourth-order valence-electron chi connectivity index (χ4n) is 7.77. The molecule has 1 aliphatic heterocycles. The van der Waals surface area contributed by atoms with Crippen LogP contribution in [0.25, 0.3) is 0 Å². The van der Waals surface area contributed by atoms with Gasteiger partial charge in [0.25, 0.3) is 5.60 Å². The van der Waals surface area contributed by atoms with Gasteiger partial charge in [0.15, 0.2) is 6.29 Å². The van der Waals surface area contributed by atoms with Crippen molar-refractivity contribution < 1.29 is 40.6 Å². The SMILES string of the molecule is CCCC(CC)OC12CC3CC(C1)CC(C(OC1CCCCO1)(C(F)(F)F)C(F)(F)F)(C3)C2. The van der Waals surface area contributed by atoms with Crippen LogP contribution in [0.15, 0.2) is 0 Å². The van der Waals surface area contributed by atoms with Gasteiger partial charge in [0.05, 0.1) is 11.7 Å². The summed E-state index contributed by atoms with van der Waals surface area (Å²) in [7, 11) is 0. The third-order valence-corrected chi connectivity index (χ3v) is 8.48. The van der Waals surface area contributed by atoms with Crippen LogP contribution in [0.1, 0.15) is 90.9 Å². The Morgan fingerprint density at radius 2 is 1.58 bits per heavy atom. The zero-order valence-electron chi connectivity index (χ0n) is 19.5. The van der Waals surface area contributed by atoms with Gasteiger partial charge in [-0.25, -0.2) is 0 Å². The molecule has 3 nitrogen and oxygen atoms in total. The lowest BCUT2D eigenvalue weighted by Crippen LogP contribution is -2.75. The van der Waals surface area contributed by atoms with E-state index in [1.807, 2.05) is 13.8 Å². The van der Waals surface area contributed by atoms with Crippen LogP contribution >= 0.6 is 0 Å². The molecule has 4 aliphatic carbocycles. The van der Waals surface area contributed by atoms with Crippen LogP contribution in [-0.2, 0) is 14.2 Å². The molecule has 1 saturated heterocycles. The highest BCUT2D eigenvalue weighted by atomic mass is 19.4. The van der Waals surface area contributed by atoms with E-state index in [0.29, 0.717) is 38.5 Å². The Kier molecular flexibility index (Phi) is 6.84. The fourth-order valence-corrected chi connectivity index (χ4v) is 7.77. The summed E-state index contributed by atoms with van der Waals surface area (Å²) in [6, 6.07) is 0. The molecular weight excluding hydrogens is 450 g/mol. The van der Waals surface area contributed by atoms with Crippen molar-refractivity contribution in [2.45, 2.75) is 127 Å². The third-order valence-electron chi connectivity index (χ3n) is 8.48. The molecule has 4 bridgehead atoms. The molecule has 4 atom stereocenters. The lowest BCUT2D eigenvalue weighted by Gasteiger charge is -2.66. The summed E-state index contributed by atoms with van der Waals surface area (Å²) < 4.78 is 106. The highest BCUT2D eigenvalue weighted by Crippen LogP contribution is 2.72. The number of ether oxygens (including phenoxy) is 3. The molecule has 0 amide bonds. The molecule has 0 aromatic rings. The summed E-state index contributed by atoms with van der Waals surface area (Å²) in [4.78, 5) is 0. The summed E-state index contributed by atoms with van der Waals surface area (Å²) in [6.45, 7) is 4.07. The van der Waals surface area contributed by atoms with Gasteiger partial charge in [-0.05, 0) is 82.5 Å². The highest BCUT2D eigenvalue weighted by molar-refractivity contribution is 5.20. The Labute approximate surface area is 191 Å². The molecule has 1 heterocycles. The average molecular weight is 487 g/mol. The molecule has 192 valence electrons. The molecule has 5 rings (SSSR count). The average Bonchev–Trinajstić information content (AvgIpc) is 2.69. The molecule has 9 heteroatoms. The molecule has 4 unspecified atom stereocenters. The van der Waals surface area contributed by atoms with Crippen LogP contribution in [0, 0.1) is 17.3 Å². The Morgan fingerprint density at radius 3 is 2.06 bits per heavy atom. The molecule has 0 aromatic carbocycles. The molecule has 0 aromatic heterocycles. The van der Waals surface area contributed by atoms with Gasteiger partial charge in [-0.2, -0.15) is 26.3 Å². The molecule has 4 saturated carbocycles. The summed E-state index contributed by atoms with van der Waals surface area (Å²) >= 11 is 0. The van der Waals surface area contributed by atoms with E-state index in [-0.39, 0.29) is 50.2 Å². The van der Waals surface area contributed by atoms with Gasteiger partial charge in [-0.1, -0.05) is 20.3 Å². The maximum absolute atomic E-state index is 14.8. The maximum atomic E-state index is 14.8. The molecule has 5 aliphatic rings. The number of hydrogen-bond donors (Lipinski definition) is 0. The normalized spacial score (nSPS) is 38.0. The van der Waals surface area contributed by atoms with Crippen LogP contribution in [-0.4, -0.2) is 42.6 Å². The Balaban J connectivity index is 1.77. The van der Waals surface area contributed by atoms with Crippen LogP contribution in [0.2, 0.25) is 0 Å². The summed E-state index contributed by atoms with van der Waals surface area (Å²) in [5.74, 6) is -0.435. The number of hydrogen-bond acceptors (Lipinski definition) is 3. The van der Waals surface area contributed by atoms with Gasteiger partial charge in [0, 0.05) is 12.0 Å². The number of alkyl halides is 6. The topological polar surface area (TPSA) is 27.7 Å². The number of rotatable bonds is 8. The predicted molar refractivity (Wildman–Crippen MR) is 109 cm³/mol. The molecular formula is C24H36F6O3. The molecule has 33 heavy (non-hydrogen) atoms. The van der Waals surface area contributed by atoms with E-state index in [4.69, 9.17) is 14.2 Å². The minimum atomic E-state index is -5.62. The van der Waals surface area contributed by atoms with Crippen molar-refractivity contribution in [2.24, 2.45) is 17.3 Å². The van der Waals surface area contributed by atoms with Crippen molar-refractivity contribution in [3.8, 4) is 0 Å². The maximum Gasteiger partial charge on any atom is 0.427 e. The zero-order chi connectivity index (χ0) is 24.1. The summed E-state index contributed by atoms with van der Waals surface area (Å²) in [5, 5.41) is 0. The lowest BCUT2D eigenvalue weighted by molar-refractivity contribution is -0.458. The fraction of sp³-hybridized carbons (Fsp3) is 1.00. The van der Waals surface area contributed by atoms with Gasteiger partial charge in [-0.3, -0.25) is 0 Å². The minimum absolute atomic E-state index is 0.0346. The monoisotopic (exact) mass is 486 g/mol. The predicted octanol–water partition coefficient (Wildman–Crippen LogP) is 7.33. The van der Waals surface area contributed by atoms with Crippen molar-refractivity contribution in [1.82, 2.24) is 0 Å². The van der Waals surface area contributed by atoms with Gasteiger partial charge in [0.2, 0.25) is 0 Å². The van der Waals surface area contributed by atoms with E-state index in [2.05, 4.69) is 0 Å². The van der Waals surface area contributed by atoms with Gasteiger partial charge >= 0.3 is 12.4 Å². The van der Waals surface area contributed by atoms with Gasteiger partial charge in [-0.15, -0.1) is 0 Å². The highest BCUT2D eigenvalue weighted by Gasteiger charge is 2.84. The quantitative estimate of drug-likeness (QED) is 0.336. The molecule has 0 radical (unpaired) electrons. The van der Waals surface area contributed by atoms with Gasteiger partial charge in [0.1, 0.15) is 0 Å². The van der Waals surface area contributed by atoms with Crippen molar-refractivity contribution >= 4 is 0 Å². The Bertz CT molecular complexity index is 657. The standard InChI is InChI=1S/C24H36F6O3/c1-3-7-18(4-2)32-21-13-16-10-17(14-21)12-20(11-16,15-21)22(23(25,26)27,24(28,29)30)33-19-8-5-6-9-31-19/h16-19H,3-15H2,1-2H3. The van der Waals surface area contributed by atoms with Crippen LogP contribution in [0.3, 0.4) is 0 Å². The van der Waals surface area contributed by atoms with E-state index >= 15 is 0 Å². The van der Waals surface area contributed by atoms with E-state index in [1.165, 1.54) is 0 Å². The Hall–Kier alpha value is -0.540. The first-order valence-corrected chi connectivity index (χ1v) is 12.5. The first-order chi connectivity index (χ1) is 15.4. The van der Waals surface area contributed by atoms with Gasteiger partial charge < -0.3 is 14.2 Å². The second-order valence-electron chi connectivity index (χ2n) is 11.0.